The Hall–Kier alpha value is -4.13. The number of carbonyl (C=O) groups is 1. The van der Waals surface area contributed by atoms with E-state index in [0.29, 0.717) is 35.6 Å². The average molecular weight is 663 g/mol. The molecule has 1 amide bonds. The summed E-state index contributed by atoms with van der Waals surface area (Å²) in [6.07, 6.45) is -1.55. The lowest BCUT2D eigenvalue weighted by Gasteiger charge is -2.46. The largest absolute Gasteiger partial charge is 0.483 e. The summed E-state index contributed by atoms with van der Waals surface area (Å²) in [6, 6.07) is 25.4. The van der Waals surface area contributed by atoms with Crippen molar-refractivity contribution in [2.24, 2.45) is 5.73 Å². The highest BCUT2D eigenvalue weighted by Gasteiger charge is 2.40. The number of halogens is 5. The van der Waals surface area contributed by atoms with Gasteiger partial charge in [0, 0.05) is 43.4 Å². The molecule has 6 rings (SSSR count). The lowest BCUT2D eigenvalue weighted by atomic mass is 9.83. The van der Waals surface area contributed by atoms with Crippen LogP contribution in [0.1, 0.15) is 34.9 Å². The molecule has 238 valence electrons. The fourth-order valence-corrected chi connectivity index (χ4v) is 6.07. The van der Waals surface area contributed by atoms with Crippen molar-refractivity contribution < 1.29 is 22.7 Å². The summed E-state index contributed by atoms with van der Waals surface area (Å²) in [5, 5.41) is 10.00. The van der Waals surface area contributed by atoms with Crippen LogP contribution in [0.2, 0.25) is 0 Å². The van der Waals surface area contributed by atoms with Crippen molar-refractivity contribution in [3.63, 3.8) is 0 Å². The Morgan fingerprint density at radius 2 is 1.67 bits per heavy atom. The predicted octanol–water partition coefficient (Wildman–Crippen LogP) is 4.99. The molecule has 3 heterocycles. The van der Waals surface area contributed by atoms with Gasteiger partial charge in [-0.25, -0.2) is 0 Å². The van der Waals surface area contributed by atoms with Gasteiger partial charge in [0.25, 0.3) is 11.7 Å². The Balaban J connectivity index is 0.00000230. The summed E-state index contributed by atoms with van der Waals surface area (Å²) in [5.41, 5.74) is 9.66. The molecular formula is C31H32Cl2F3N7O2. The Bertz CT molecular complexity index is 1580. The van der Waals surface area contributed by atoms with Crippen LogP contribution in [0.15, 0.2) is 90.6 Å². The van der Waals surface area contributed by atoms with Crippen molar-refractivity contribution in [3.05, 3.63) is 113 Å². The molecule has 1 atom stereocenters. The number of benzene rings is 3. The second-order valence-electron chi connectivity index (χ2n) is 10.7. The first-order chi connectivity index (χ1) is 20.8. The van der Waals surface area contributed by atoms with Crippen LogP contribution in [0.4, 0.5) is 13.2 Å². The number of aromatic nitrogens is 4. The molecule has 4 aromatic rings. The first-order valence-electron chi connectivity index (χ1n) is 14.0. The Labute approximate surface area is 270 Å². The van der Waals surface area contributed by atoms with Crippen LogP contribution in [0.3, 0.4) is 0 Å². The van der Waals surface area contributed by atoms with E-state index in [4.69, 9.17) is 10.5 Å². The molecule has 14 heteroatoms. The molecule has 9 nitrogen and oxygen atoms in total. The number of nitrogens with two attached hydrogens (primary N) is 1. The van der Waals surface area contributed by atoms with Crippen LogP contribution < -0.4 is 10.5 Å². The van der Waals surface area contributed by atoms with E-state index in [1.807, 2.05) is 12.1 Å². The lowest BCUT2D eigenvalue weighted by molar-refractivity contribution is -0.146. The number of amides is 1. The Morgan fingerprint density at radius 1 is 1.00 bits per heavy atom. The summed E-state index contributed by atoms with van der Waals surface area (Å²) in [6.45, 7) is 2.25. The van der Waals surface area contributed by atoms with Crippen LogP contribution >= 0.6 is 24.8 Å². The van der Waals surface area contributed by atoms with Gasteiger partial charge in [-0.05, 0) is 46.2 Å². The number of ether oxygens (including phenoxy) is 1. The van der Waals surface area contributed by atoms with Crippen molar-refractivity contribution in [1.29, 1.82) is 0 Å². The van der Waals surface area contributed by atoms with Crippen molar-refractivity contribution in [3.8, 4) is 11.4 Å². The van der Waals surface area contributed by atoms with E-state index in [-0.39, 0.29) is 49.1 Å². The maximum Gasteiger partial charge on any atom is 0.453 e. The Morgan fingerprint density at radius 3 is 2.29 bits per heavy atom. The number of alkyl halides is 3. The molecule has 3 aromatic carbocycles. The van der Waals surface area contributed by atoms with E-state index < -0.39 is 17.9 Å². The number of carbonyl (C=O) groups excluding carboxylic acids is 1. The quantitative estimate of drug-likeness (QED) is 0.270. The van der Waals surface area contributed by atoms with Crippen LogP contribution in [0, 0.1) is 0 Å². The predicted molar refractivity (Wildman–Crippen MR) is 167 cm³/mol. The van der Waals surface area contributed by atoms with Crippen LogP contribution in [-0.4, -0.2) is 68.2 Å². The number of piperazine rings is 1. The monoisotopic (exact) mass is 661 g/mol. The zero-order valence-electron chi connectivity index (χ0n) is 24.0. The maximum atomic E-state index is 13.6. The summed E-state index contributed by atoms with van der Waals surface area (Å²) in [7, 11) is 0. The summed E-state index contributed by atoms with van der Waals surface area (Å²) in [4.78, 5) is 16.3. The minimum absolute atomic E-state index is 0. The van der Waals surface area contributed by atoms with Crippen LogP contribution in [0.25, 0.3) is 5.69 Å². The standard InChI is InChI=1S/C31H30F3N7O2.2ClH/c32-31(33,34)30-36-37-38-41(30)24-13-14-27(43-20-28(35)42)23(16-24)17-39-18-25-12-7-15-40(25)26(19-39)29(21-8-3-1-4-9-21)22-10-5-2-6-11-22;;/h1-6,8-14,16,26,29H,7,15,17-20H2,(H2,35,42);2*1H/t26-;;/m0../s1. The first-order valence-corrected chi connectivity index (χ1v) is 14.0. The SMILES string of the molecule is Cl.Cl.NC(=O)COc1ccc(-n2nnnc2C(F)(F)F)cc1CN1CC2=CCCN2[C@H](C(c2ccccc2)c2ccccc2)C1. The molecule has 1 saturated heterocycles. The number of hydrogen-bond donors (Lipinski definition) is 1. The topological polar surface area (TPSA) is 102 Å². The van der Waals surface area contributed by atoms with Crippen LogP contribution in [-0.2, 0) is 17.5 Å². The molecule has 1 fully saturated rings. The average Bonchev–Trinajstić information content (AvgIpc) is 3.68. The van der Waals surface area contributed by atoms with E-state index >= 15 is 0 Å². The van der Waals surface area contributed by atoms with Gasteiger partial charge in [0.15, 0.2) is 6.61 Å². The number of hydrogen-bond acceptors (Lipinski definition) is 7. The molecule has 0 spiro atoms. The van der Waals surface area contributed by atoms with Gasteiger partial charge in [-0.15, -0.1) is 29.9 Å². The van der Waals surface area contributed by atoms with E-state index in [0.717, 1.165) is 13.0 Å². The van der Waals surface area contributed by atoms with Gasteiger partial charge < -0.3 is 15.4 Å². The van der Waals surface area contributed by atoms with Gasteiger partial charge >= 0.3 is 6.18 Å². The number of nitrogens with zero attached hydrogens (tertiary/aromatic N) is 6. The summed E-state index contributed by atoms with van der Waals surface area (Å²) in [5.74, 6) is -1.46. The van der Waals surface area contributed by atoms with Crippen molar-refractivity contribution in [1.82, 2.24) is 30.0 Å². The minimum Gasteiger partial charge on any atom is -0.483 e. The van der Waals surface area contributed by atoms with Gasteiger partial charge in [-0.1, -0.05) is 66.7 Å². The number of rotatable bonds is 9. The molecule has 2 aliphatic rings. The molecule has 0 aliphatic carbocycles. The van der Waals surface area contributed by atoms with Gasteiger partial charge in [0.1, 0.15) is 5.75 Å². The normalized spacial score (nSPS) is 16.4. The number of primary amides is 1. The fourth-order valence-electron chi connectivity index (χ4n) is 6.07. The lowest BCUT2D eigenvalue weighted by Crippen LogP contribution is -2.52. The molecule has 0 unspecified atom stereocenters. The van der Waals surface area contributed by atoms with E-state index in [1.165, 1.54) is 29.0 Å². The molecule has 2 aliphatic heterocycles. The molecular weight excluding hydrogens is 630 g/mol. The molecule has 45 heavy (non-hydrogen) atoms. The number of fused-ring (bicyclic) bond motifs is 1. The van der Waals surface area contributed by atoms with E-state index in [1.54, 1.807) is 6.07 Å². The first kappa shape index (κ1) is 33.8. The summed E-state index contributed by atoms with van der Waals surface area (Å²) < 4.78 is 47.1. The highest BCUT2D eigenvalue weighted by Crippen LogP contribution is 2.38. The minimum atomic E-state index is -4.74. The third kappa shape index (κ3) is 7.41. The zero-order chi connectivity index (χ0) is 30.0. The second-order valence-corrected chi connectivity index (χ2v) is 10.7. The van der Waals surface area contributed by atoms with E-state index in [2.05, 4.69) is 79.9 Å². The van der Waals surface area contributed by atoms with Gasteiger partial charge in [0.2, 0.25) is 0 Å². The van der Waals surface area contributed by atoms with Crippen molar-refractivity contribution in [2.45, 2.75) is 31.1 Å². The fraction of sp³-hybridized carbons (Fsp3) is 0.290. The molecule has 0 bridgehead atoms. The highest BCUT2D eigenvalue weighted by molar-refractivity contribution is 5.85. The third-order valence-electron chi connectivity index (χ3n) is 7.83. The van der Waals surface area contributed by atoms with Gasteiger partial charge in [0.05, 0.1) is 11.7 Å². The summed E-state index contributed by atoms with van der Waals surface area (Å²) >= 11 is 0. The van der Waals surface area contributed by atoms with Crippen LogP contribution in [0.5, 0.6) is 5.75 Å². The van der Waals surface area contributed by atoms with E-state index in [9.17, 15) is 18.0 Å². The zero-order valence-corrected chi connectivity index (χ0v) is 25.6. The van der Waals surface area contributed by atoms with Crippen molar-refractivity contribution in [2.75, 3.05) is 26.2 Å². The Kier molecular flexibility index (Phi) is 10.7. The second kappa shape index (κ2) is 14.3. The van der Waals surface area contributed by atoms with Gasteiger partial charge in [-0.3, -0.25) is 9.69 Å². The highest BCUT2D eigenvalue weighted by atomic mass is 35.5. The molecule has 2 N–H and O–H groups in total. The molecule has 1 aromatic heterocycles. The van der Waals surface area contributed by atoms with Crippen molar-refractivity contribution >= 4 is 30.7 Å². The molecule has 0 saturated carbocycles. The smallest absolute Gasteiger partial charge is 0.453 e. The maximum absolute atomic E-state index is 13.6. The van der Waals surface area contributed by atoms with Gasteiger partial charge in [-0.2, -0.15) is 17.9 Å². The molecule has 0 radical (unpaired) electrons. The third-order valence-corrected chi connectivity index (χ3v) is 7.83. The number of tetrazole rings is 1.